The van der Waals surface area contributed by atoms with Gasteiger partial charge in [-0.15, -0.1) is 0 Å². The van der Waals surface area contributed by atoms with E-state index in [4.69, 9.17) is 0 Å². The van der Waals surface area contributed by atoms with Crippen LogP contribution in [0, 0.1) is 12.7 Å². The summed E-state index contributed by atoms with van der Waals surface area (Å²) in [6, 6.07) is 11.2. The van der Waals surface area contributed by atoms with Crippen LogP contribution in [0.25, 0.3) is 0 Å². The van der Waals surface area contributed by atoms with Crippen molar-refractivity contribution in [3.63, 3.8) is 0 Å². The Balaban J connectivity index is 1.80. The van der Waals surface area contributed by atoms with E-state index in [2.05, 4.69) is 20.5 Å². The number of halogens is 1. The predicted octanol–water partition coefficient (Wildman–Crippen LogP) is 3.10. The zero-order valence-electron chi connectivity index (χ0n) is 12.5. The minimum Gasteiger partial charge on any atom is -0.305 e. The molecule has 116 valence electrons. The molecule has 5 nitrogen and oxygen atoms in total. The maximum absolute atomic E-state index is 13.7. The number of pyridine rings is 1. The molecule has 1 amide bonds. The van der Waals surface area contributed by atoms with E-state index in [0.717, 1.165) is 17.3 Å². The molecule has 6 heteroatoms. The first-order valence-corrected chi connectivity index (χ1v) is 7.13. The summed E-state index contributed by atoms with van der Waals surface area (Å²) in [6.45, 7) is 1.70. The Morgan fingerprint density at radius 3 is 2.87 bits per heavy atom. The van der Waals surface area contributed by atoms with E-state index < -0.39 is 11.7 Å². The molecule has 2 aromatic heterocycles. The number of hydrogen-bond acceptors (Lipinski definition) is 3. The number of aromatic amines is 1. The number of carbonyl (C=O) groups excluding carboxylic acids is 1. The number of nitrogens with one attached hydrogen (secondary N) is 2. The Morgan fingerprint density at radius 1 is 1.30 bits per heavy atom. The molecule has 3 aromatic rings. The minimum atomic E-state index is -0.659. The molecule has 0 saturated carbocycles. The van der Waals surface area contributed by atoms with Crippen LogP contribution in [0.3, 0.4) is 0 Å². The molecule has 1 aromatic carbocycles. The number of anilines is 1. The number of aryl methyl sites for hydroxylation is 1. The van der Waals surface area contributed by atoms with Crippen molar-refractivity contribution in [3.8, 4) is 0 Å². The largest absolute Gasteiger partial charge is 0.305 e. The SMILES string of the molecule is Cc1cc(C(=O)Nc2n[nH]cc2Cc2ccccc2)c(F)cn1. The van der Waals surface area contributed by atoms with Gasteiger partial charge < -0.3 is 5.32 Å². The molecule has 0 aliphatic carbocycles. The van der Waals surface area contributed by atoms with E-state index in [-0.39, 0.29) is 5.56 Å². The van der Waals surface area contributed by atoms with Crippen molar-refractivity contribution < 1.29 is 9.18 Å². The fraction of sp³-hybridized carbons (Fsp3) is 0.118. The lowest BCUT2D eigenvalue weighted by Gasteiger charge is -2.06. The topological polar surface area (TPSA) is 70.7 Å². The van der Waals surface area contributed by atoms with Gasteiger partial charge in [0.05, 0.1) is 11.8 Å². The smallest absolute Gasteiger partial charge is 0.259 e. The van der Waals surface area contributed by atoms with Gasteiger partial charge in [-0.1, -0.05) is 30.3 Å². The highest BCUT2D eigenvalue weighted by Gasteiger charge is 2.16. The molecule has 0 unspecified atom stereocenters. The number of hydrogen-bond donors (Lipinski definition) is 2. The summed E-state index contributed by atoms with van der Waals surface area (Å²) in [4.78, 5) is 16.1. The summed E-state index contributed by atoms with van der Waals surface area (Å²) >= 11 is 0. The maximum atomic E-state index is 13.7. The summed E-state index contributed by atoms with van der Waals surface area (Å²) in [7, 11) is 0. The third-order valence-corrected chi connectivity index (χ3v) is 3.43. The lowest BCUT2D eigenvalue weighted by Crippen LogP contribution is -2.15. The van der Waals surface area contributed by atoms with Gasteiger partial charge in [0, 0.05) is 23.9 Å². The summed E-state index contributed by atoms with van der Waals surface area (Å²) < 4.78 is 13.7. The number of benzene rings is 1. The first-order chi connectivity index (χ1) is 11.1. The number of nitrogens with zero attached hydrogens (tertiary/aromatic N) is 2. The lowest BCUT2D eigenvalue weighted by atomic mass is 10.1. The van der Waals surface area contributed by atoms with Crippen molar-refractivity contribution in [3.05, 3.63) is 77.0 Å². The van der Waals surface area contributed by atoms with Gasteiger partial charge in [0.15, 0.2) is 11.6 Å². The van der Waals surface area contributed by atoms with Gasteiger partial charge in [-0.2, -0.15) is 5.10 Å². The first-order valence-electron chi connectivity index (χ1n) is 7.13. The number of aromatic nitrogens is 3. The number of carbonyl (C=O) groups is 1. The highest BCUT2D eigenvalue weighted by Crippen LogP contribution is 2.18. The van der Waals surface area contributed by atoms with E-state index >= 15 is 0 Å². The van der Waals surface area contributed by atoms with Crippen LogP contribution in [0.1, 0.15) is 27.2 Å². The Hall–Kier alpha value is -3.02. The molecule has 0 saturated heterocycles. The molecule has 2 heterocycles. The van der Waals surface area contributed by atoms with Crippen molar-refractivity contribution in [2.75, 3.05) is 5.32 Å². The highest BCUT2D eigenvalue weighted by atomic mass is 19.1. The normalized spacial score (nSPS) is 10.5. The van der Waals surface area contributed by atoms with Gasteiger partial charge in [0.25, 0.3) is 5.91 Å². The molecule has 0 atom stereocenters. The van der Waals surface area contributed by atoms with Crippen LogP contribution in [0.15, 0.2) is 48.8 Å². The van der Waals surface area contributed by atoms with Gasteiger partial charge >= 0.3 is 0 Å². The molecule has 0 aliphatic heterocycles. The van der Waals surface area contributed by atoms with E-state index in [0.29, 0.717) is 17.9 Å². The van der Waals surface area contributed by atoms with E-state index in [1.54, 1.807) is 13.1 Å². The minimum absolute atomic E-state index is 0.0499. The second-order valence-corrected chi connectivity index (χ2v) is 5.18. The van der Waals surface area contributed by atoms with Crippen LogP contribution < -0.4 is 5.32 Å². The van der Waals surface area contributed by atoms with Gasteiger partial charge in [-0.25, -0.2) is 4.39 Å². The van der Waals surface area contributed by atoms with Crippen molar-refractivity contribution >= 4 is 11.7 Å². The number of H-pyrrole nitrogens is 1. The molecular weight excluding hydrogens is 295 g/mol. The zero-order valence-corrected chi connectivity index (χ0v) is 12.5. The van der Waals surface area contributed by atoms with Crippen molar-refractivity contribution in [1.29, 1.82) is 0 Å². The van der Waals surface area contributed by atoms with Crippen LogP contribution in [-0.4, -0.2) is 21.1 Å². The first kappa shape index (κ1) is 14.9. The van der Waals surface area contributed by atoms with Gasteiger partial charge in [-0.3, -0.25) is 14.9 Å². The second-order valence-electron chi connectivity index (χ2n) is 5.18. The van der Waals surface area contributed by atoms with Crippen molar-refractivity contribution in [2.45, 2.75) is 13.3 Å². The van der Waals surface area contributed by atoms with Crippen LogP contribution in [-0.2, 0) is 6.42 Å². The van der Waals surface area contributed by atoms with E-state index in [9.17, 15) is 9.18 Å². The van der Waals surface area contributed by atoms with Gasteiger partial charge in [0.2, 0.25) is 0 Å². The van der Waals surface area contributed by atoms with Crippen LogP contribution in [0.4, 0.5) is 10.2 Å². The number of amides is 1. The quantitative estimate of drug-likeness (QED) is 0.778. The Morgan fingerprint density at radius 2 is 2.09 bits per heavy atom. The molecule has 0 spiro atoms. The standard InChI is InChI=1S/C17H15FN4O/c1-11-7-14(15(18)10-19-11)17(23)21-16-13(9-20-22-16)8-12-5-3-2-4-6-12/h2-7,9-10H,8H2,1H3,(H2,20,21,22,23). The Kier molecular flexibility index (Phi) is 4.14. The van der Waals surface area contributed by atoms with E-state index in [1.165, 1.54) is 6.07 Å². The average Bonchev–Trinajstić information content (AvgIpc) is 2.97. The van der Waals surface area contributed by atoms with Gasteiger partial charge in [0.1, 0.15) is 0 Å². The molecule has 0 aliphatic rings. The molecule has 23 heavy (non-hydrogen) atoms. The molecule has 0 radical (unpaired) electrons. The fourth-order valence-electron chi connectivity index (χ4n) is 2.27. The van der Waals surface area contributed by atoms with Crippen molar-refractivity contribution in [1.82, 2.24) is 15.2 Å². The summed E-state index contributed by atoms with van der Waals surface area (Å²) in [6.07, 6.45) is 3.38. The highest BCUT2D eigenvalue weighted by molar-refractivity contribution is 6.04. The molecule has 2 N–H and O–H groups in total. The maximum Gasteiger partial charge on any atom is 0.259 e. The molecular formula is C17H15FN4O. The monoisotopic (exact) mass is 310 g/mol. The number of rotatable bonds is 4. The Bertz CT molecular complexity index is 830. The second kappa shape index (κ2) is 6.39. The van der Waals surface area contributed by atoms with Gasteiger partial charge in [-0.05, 0) is 18.6 Å². The summed E-state index contributed by atoms with van der Waals surface area (Å²) in [5.74, 6) is -0.810. The van der Waals surface area contributed by atoms with Crippen LogP contribution >= 0.6 is 0 Å². The summed E-state index contributed by atoms with van der Waals surface area (Å²) in [5, 5.41) is 9.41. The molecule has 3 rings (SSSR count). The third-order valence-electron chi connectivity index (χ3n) is 3.43. The molecule has 0 bridgehead atoms. The van der Waals surface area contributed by atoms with Crippen LogP contribution in [0.2, 0.25) is 0 Å². The zero-order chi connectivity index (χ0) is 16.2. The molecule has 0 fully saturated rings. The van der Waals surface area contributed by atoms with Crippen LogP contribution in [0.5, 0.6) is 0 Å². The third kappa shape index (κ3) is 3.42. The summed E-state index contributed by atoms with van der Waals surface area (Å²) in [5.41, 5.74) is 2.44. The predicted molar refractivity (Wildman–Crippen MR) is 84.7 cm³/mol. The van der Waals surface area contributed by atoms with Crippen molar-refractivity contribution in [2.24, 2.45) is 0 Å². The lowest BCUT2D eigenvalue weighted by molar-refractivity contribution is 0.102. The Labute approximate surface area is 132 Å². The van der Waals surface area contributed by atoms with E-state index in [1.807, 2.05) is 30.3 Å². The fourth-order valence-corrected chi connectivity index (χ4v) is 2.27. The average molecular weight is 310 g/mol.